The van der Waals surface area contributed by atoms with Gasteiger partial charge >= 0.3 is 0 Å². The van der Waals surface area contributed by atoms with Crippen LogP contribution in [0, 0.1) is 0 Å². The predicted molar refractivity (Wildman–Crippen MR) is 160 cm³/mol. The van der Waals surface area contributed by atoms with Gasteiger partial charge in [-0.3, -0.25) is 14.4 Å². The Labute approximate surface area is 245 Å². The molecule has 0 aromatic heterocycles. The highest BCUT2D eigenvalue weighted by Gasteiger charge is 2.16. The molecule has 0 heterocycles. The first-order valence-corrected chi connectivity index (χ1v) is 13.8. The van der Waals surface area contributed by atoms with Gasteiger partial charge in [-0.1, -0.05) is 71.2 Å². The third kappa shape index (κ3) is 8.22. The Kier molecular flexibility index (Phi) is 9.85. The summed E-state index contributed by atoms with van der Waals surface area (Å²) in [5.41, 5.74) is 2.06. The van der Waals surface area contributed by atoms with Gasteiger partial charge in [0, 0.05) is 26.7 Å². The summed E-state index contributed by atoms with van der Waals surface area (Å²) in [5.74, 6) is -0.886. The number of amides is 2. The Morgan fingerprint density at radius 1 is 0.744 bits per heavy atom. The smallest absolute Gasteiger partial charge is 0.272 e. The monoisotopic (exact) mass is 594 g/mol. The normalized spacial score (nSPS) is 11.1. The minimum absolute atomic E-state index is 0.0407. The van der Waals surface area contributed by atoms with Crippen LogP contribution in [-0.4, -0.2) is 23.4 Å². The number of hydrogen-bond donors (Lipinski definition) is 2. The summed E-state index contributed by atoms with van der Waals surface area (Å²) in [6, 6.07) is 27.4. The first kappa shape index (κ1) is 28.5. The standard InChI is InChI=1S/C30H21Cl3N2O3S/c31-22-9-4-6-19(14-22)15-27(35-29(37)20-7-2-1-3-8-20)30(38)34-23-10-5-11-24(17-23)39-18-28(36)21-12-13-25(32)26(33)16-21/h1-17H,18H2,(H,34,38)(H,35,37)/b27-15-. The average Bonchev–Trinajstić information content (AvgIpc) is 2.93. The molecule has 39 heavy (non-hydrogen) atoms. The van der Waals surface area contributed by atoms with Crippen molar-refractivity contribution in [2.75, 3.05) is 11.1 Å². The van der Waals surface area contributed by atoms with Crippen molar-refractivity contribution in [1.82, 2.24) is 5.32 Å². The van der Waals surface area contributed by atoms with Gasteiger partial charge in [-0.15, -0.1) is 11.8 Å². The number of benzene rings is 4. The molecule has 0 saturated carbocycles. The third-order valence-corrected chi connectivity index (χ3v) is 7.36. The van der Waals surface area contributed by atoms with Gasteiger partial charge in [0.25, 0.3) is 11.8 Å². The zero-order valence-corrected chi connectivity index (χ0v) is 23.4. The number of ketones is 1. The van der Waals surface area contributed by atoms with E-state index in [4.69, 9.17) is 34.8 Å². The zero-order chi connectivity index (χ0) is 27.8. The van der Waals surface area contributed by atoms with Gasteiger partial charge in [0.15, 0.2) is 5.78 Å². The molecule has 4 aromatic carbocycles. The van der Waals surface area contributed by atoms with Crippen LogP contribution in [0.4, 0.5) is 5.69 Å². The van der Waals surface area contributed by atoms with Crippen LogP contribution in [0.2, 0.25) is 15.1 Å². The van der Waals surface area contributed by atoms with Crippen molar-refractivity contribution in [2.24, 2.45) is 0 Å². The lowest BCUT2D eigenvalue weighted by molar-refractivity contribution is -0.113. The molecule has 0 radical (unpaired) electrons. The number of anilines is 1. The molecular formula is C30H21Cl3N2O3S. The Bertz CT molecular complexity index is 1560. The van der Waals surface area contributed by atoms with Crippen LogP contribution >= 0.6 is 46.6 Å². The fourth-order valence-electron chi connectivity index (χ4n) is 3.47. The molecule has 0 fully saturated rings. The van der Waals surface area contributed by atoms with Crippen LogP contribution in [0.3, 0.4) is 0 Å². The number of carbonyl (C=O) groups excluding carboxylic acids is 3. The quantitative estimate of drug-likeness (QED) is 0.117. The molecule has 0 aliphatic carbocycles. The number of nitrogens with one attached hydrogen (secondary N) is 2. The van der Waals surface area contributed by atoms with Crippen molar-refractivity contribution in [3.8, 4) is 0 Å². The van der Waals surface area contributed by atoms with Crippen LogP contribution < -0.4 is 10.6 Å². The maximum Gasteiger partial charge on any atom is 0.272 e. The van der Waals surface area contributed by atoms with Gasteiger partial charge in [-0.05, 0) is 72.3 Å². The highest BCUT2D eigenvalue weighted by Crippen LogP contribution is 2.26. The molecule has 0 spiro atoms. The summed E-state index contributed by atoms with van der Waals surface area (Å²) in [5, 5.41) is 6.72. The second kappa shape index (κ2) is 13.5. The first-order chi connectivity index (χ1) is 18.8. The minimum Gasteiger partial charge on any atom is -0.321 e. The molecular weight excluding hydrogens is 575 g/mol. The van der Waals surface area contributed by atoms with E-state index in [0.29, 0.717) is 37.4 Å². The SMILES string of the molecule is O=C(Nc1cccc(SCC(=O)c2ccc(Cl)c(Cl)c2)c1)/C(=C/c1cccc(Cl)c1)NC(=O)c1ccccc1. The topological polar surface area (TPSA) is 75.3 Å². The van der Waals surface area contributed by atoms with E-state index >= 15 is 0 Å². The van der Waals surface area contributed by atoms with Gasteiger partial charge in [-0.25, -0.2) is 0 Å². The third-order valence-electron chi connectivity index (χ3n) is 5.39. The molecule has 4 rings (SSSR count). The summed E-state index contributed by atoms with van der Waals surface area (Å²) in [6.45, 7) is 0. The summed E-state index contributed by atoms with van der Waals surface area (Å²) >= 11 is 19.4. The molecule has 0 aliphatic heterocycles. The fourth-order valence-corrected chi connectivity index (χ4v) is 4.82. The van der Waals surface area contributed by atoms with E-state index in [1.165, 1.54) is 11.8 Å². The van der Waals surface area contributed by atoms with E-state index in [1.807, 2.05) is 6.07 Å². The molecule has 0 bridgehead atoms. The number of hydrogen-bond acceptors (Lipinski definition) is 4. The van der Waals surface area contributed by atoms with Crippen LogP contribution in [0.15, 0.2) is 108 Å². The second-order valence-corrected chi connectivity index (χ2v) is 10.6. The molecule has 2 amide bonds. The average molecular weight is 596 g/mol. The molecule has 5 nitrogen and oxygen atoms in total. The van der Waals surface area contributed by atoms with E-state index < -0.39 is 11.8 Å². The van der Waals surface area contributed by atoms with Crippen molar-refractivity contribution in [3.63, 3.8) is 0 Å². The van der Waals surface area contributed by atoms with Crippen molar-refractivity contribution >= 4 is 75.9 Å². The summed E-state index contributed by atoms with van der Waals surface area (Å²) in [7, 11) is 0. The van der Waals surface area contributed by atoms with Crippen LogP contribution in [0.25, 0.3) is 6.08 Å². The number of carbonyl (C=O) groups is 3. The van der Waals surface area contributed by atoms with Gasteiger partial charge in [-0.2, -0.15) is 0 Å². The van der Waals surface area contributed by atoms with E-state index in [-0.39, 0.29) is 17.2 Å². The van der Waals surface area contributed by atoms with Crippen molar-refractivity contribution in [1.29, 1.82) is 0 Å². The van der Waals surface area contributed by atoms with Crippen LogP contribution in [0.1, 0.15) is 26.3 Å². The molecule has 4 aromatic rings. The van der Waals surface area contributed by atoms with Gasteiger partial charge in [0.2, 0.25) is 0 Å². The van der Waals surface area contributed by atoms with E-state index in [9.17, 15) is 14.4 Å². The molecule has 0 atom stereocenters. The highest BCUT2D eigenvalue weighted by molar-refractivity contribution is 8.00. The van der Waals surface area contributed by atoms with E-state index in [1.54, 1.807) is 97.1 Å². The number of Topliss-reactive ketones (excluding diaryl/α,β-unsaturated/α-hetero) is 1. The fraction of sp³-hybridized carbons (Fsp3) is 0.0333. The maximum atomic E-state index is 13.3. The van der Waals surface area contributed by atoms with Crippen LogP contribution in [0.5, 0.6) is 0 Å². The Morgan fingerprint density at radius 2 is 1.51 bits per heavy atom. The van der Waals surface area contributed by atoms with Gasteiger partial charge in [0.05, 0.1) is 15.8 Å². The molecule has 0 saturated heterocycles. The lowest BCUT2D eigenvalue weighted by Crippen LogP contribution is -2.30. The van der Waals surface area contributed by atoms with E-state index in [0.717, 1.165) is 4.90 Å². The molecule has 0 aliphatic rings. The highest BCUT2D eigenvalue weighted by atomic mass is 35.5. The largest absolute Gasteiger partial charge is 0.321 e. The molecule has 2 N–H and O–H groups in total. The Balaban J connectivity index is 1.49. The number of thioether (sulfide) groups is 1. The zero-order valence-electron chi connectivity index (χ0n) is 20.3. The van der Waals surface area contributed by atoms with Crippen molar-refractivity contribution < 1.29 is 14.4 Å². The number of halogens is 3. The van der Waals surface area contributed by atoms with E-state index in [2.05, 4.69) is 10.6 Å². The summed E-state index contributed by atoms with van der Waals surface area (Å²) in [4.78, 5) is 39.5. The molecule has 196 valence electrons. The Morgan fingerprint density at radius 3 is 2.26 bits per heavy atom. The molecule has 0 unspecified atom stereocenters. The lowest BCUT2D eigenvalue weighted by Gasteiger charge is -2.12. The van der Waals surface area contributed by atoms with Crippen LogP contribution in [-0.2, 0) is 4.79 Å². The Hall–Kier alpha value is -3.55. The second-order valence-electron chi connectivity index (χ2n) is 8.26. The lowest BCUT2D eigenvalue weighted by atomic mass is 10.1. The first-order valence-electron chi connectivity index (χ1n) is 11.6. The summed E-state index contributed by atoms with van der Waals surface area (Å²) in [6.07, 6.45) is 1.55. The maximum absolute atomic E-state index is 13.3. The predicted octanol–water partition coefficient (Wildman–Crippen LogP) is 8.03. The van der Waals surface area contributed by atoms with Crippen molar-refractivity contribution in [3.05, 3.63) is 135 Å². The van der Waals surface area contributed by atoms with Gasteiger partial charge in [0.1, 0.15) is 5.70 Å². The molecule has 9 heteroatoms. The summed E-state index contributed by atoms with van der Waals surface area (Å²) < 4.78 is 0. The minimum atomic E-state index is -0.520. The van der Waals surface area contributed by atoms with Gasteiger partial charge < -0.3 is 10.6 Å². The number of rotatable bonds is 9. The van der Waals surface area contributed by atoms with Crippen molar-refractivity contribution in [2.45, 2.75) is 4.90 Å².